The normalized spacial score (nSPS) is 17.5. The highest BCUT2D eigenvalue weighted by Gasteiger charge is 2.47. The summed E-state index contributed by atoms with van der Waals surface area (Å²) in [5.41, 5.74) is 13.9. The molecule has 7 rings (SSSR count). The van der Waals surface area contributed by atoms with Crippen molar-refractivity contribution in [1.29, 1.82) is 0 Å². The number of unbranched alkanes of at least 4 members (excludes halogenated alkanes) is 1. The van der Waals surface area contributed by atoms with Gasteiger partial charge in [0.1, 0.15) is 11.4 Å². The Hall–Kier alpha value is -6.52. The molecule has 2 atom stereocenters. The van der Waals surface area contributed by atoms with Gasteiger partial charge in [-0.15, -0.1) is 9.81 Å². The Morgan fingerprint density at radius 3 is 1.91 bits per heavy atom. The first-order chi connectivity index (χ1) is 28.0. The molecule has 0 radical (unpaired) electrons. The molecule has 2 aliphatic carbocycles. The second-order valence-corrected chi connectivity index (χ2v) is 14.8. The van der Waals surface area contributed by atoms with Gasteiger partial charge < -0.3 is 0 Å². The van der Waals surface area contributed by atoms with Gasteiger partial charge in [0.25, 0.3) is 0 Å². The van der Waals surface area contributed by atoms with Crippen LogP contribution in [0.4, 0.5) is 11.4 Å². The highest BCUT2D eigenvalue weighted by molar-refractivity contribution is 5.76. The van der Waals surface area contributed by atoms with Crippen LogP contribution in [-0.2, 0) is 10.8 Å². The molecular formula is C53H48N2O2. The van der Waals surface area contributed by atoms with E-state index >= 15 is 0 Å². The maximum absolute atomic E-state index is 11.5. The van der Waals surface area contributed by atoms with Gasteiger partial charge in [-0.1, -0.05) is 159 Å². The maximum atomic E-state index is 11.5. The van der Waals surface area contributed by atoms with Gasteiger partial charge in [0.2, 0.25) is 0 Å². The van der Waals surface area contributed by atoms with Crippen LogP contribution in [0.3, 0.4) is 0 Å². The number of aryl methyl sites for hydroxylation is 1. The van der Waals surface area contributed by atoms with Crippen LogP contribution >= 0.6 is 0 Å². The van der Waals surface area contributed by atoms with Crippen LogP contribution in [0, 0.1) is 16.7 Å². The minimum Gasteiger partial charge on any atom is -0.145 e. The summed E-state index contributed by atoms with van der Waals surface area (Å²) in [6.07, 6.45) is 21.6. The van der Waals surface area contributed by atoms with E-state index in [4.69, 9.17) is 0 Å². The molecule has 0 saturated carbocycles. The third-order valence-corrected chi connectivity index (χ3v) is 11.8. The molecule has 0 heterocycles. The Kier molecular flexibility index (Phi) is 11.6. The minimum atomic E-state index is -0.602. The molecule has 57 heavy (non-hydrogen) atoms. The summed E-state index contributed by atoms with van der Waals surface area (Å²) in [6.45, 7) is 12.4. The van der Waals surface area contributed by atoms with Crippen molar-refractivity contribution in [2.24, 2.45) is 10.4 Å². The largest absolute Gasteiger partial charge is 0.145 e. The second kappa shape index (κ2) is 17.1. The monoisotopic (exact) mass is 744 g/mol. The quantitative estimate of drug-likeness (QED) is 0.0464. The molecule has 0 N–H and O–H groups in total. The van der Waals surface area contributed by atoms with Gasteiger partial charge in [-0.25, -0.2) is 0 Å². The summed E-state index contributed by atoms with van der Waals surface area (Å²) in [5, 5.41) is 6.39. The summed E-state index contributed by atoms with van der Waals surface area (Å²) in [6, 6.07) is 42.1. The number of benzene rings is 5. The van der Waals surface area contributed by atoms with Crippen LogP contribution in [0.15, 0.2) is 216 Å². The molecule has 0 fully saturated rings. The first kappa shape index (κ1) is 38.7. The standard InChI is InChI=1S/C53H48N2O2/c1-5-8-9-10-15-37-52(50-19-13-11-17-38(50)4,42-29-33-45(54-56)34-30-42)41-25-21-39(22-26-41)40-23-27-43(28-24-40)53(44-31-35-46(55-57)36-32-44)49(7-3)47(16-6-2)48-18-12-14-20-51(48)53/h5-9,11,13-14,16-17,19-36H,1,3,10,12,15,18,37H2,2,4H3/b9-8-,16-6-. The van der Waals surface area contributed by atoms with Crippen LogP contribution in [0.25, 0.3) is 11.1 Å². The molecule has 2 aliphatic rings. The molecule has 4 nitrogen and oxygen atoms in total. The van der Waals surface area contributed by atoms with Crippen molar-refractivity contribution in [1.82, 2.24) is 0 Å². The van der Waals surface area contributed by atoms with Crippen LogP contribution in [0.1, 0.15) is 72.4 Å². The summed E-state index contributed by atoms with van der Waals surface area (Å²) in [5.74, 6) is 0. The lowest BCUT2D eigenvalue weighted by molar-refractivity contribution is 0.533. The van der Waals surface area contributed by atoms with Gasteiger partial charge in [0.15, 0.2) is 0 Å². The fraction of sp³-hybridized carbons (Fsp3) is 0.170. The lowest BCUT2D eigenvalue weighted by Gasteiger charge is -2.37. The zero-order valence-corrected chi connectivity index (χ0v) is 32.8. The average Bonchev–Trinajstić information content (AvgIpc) is 3.55. The number of allylic oxidation sites excluding steroid dienone is 12. The smallest absolute Gasteiger partial charge is 0.108 e. The zero-order valence-electron chi connectivity index (χ0n) is 32.8. The first-order valence-electron chi connectivity index (χ1n) is 19.8. The van der Waals surface area contributed by atoms with Crippen molar-refractivity contribution < 1.29 is 0 Å². The molecule has 0 bridgehead atoms. The van der Waals surface area contributed by atoms with E-state index in [0.29, 0.717) is 11.4 Å². The fourth-order valence-corrected chi connectivity index (χ4v) is 9.28. The topological polar surface area (TPSA) is 58.9 Å². The SMILES string of the molecule is C=C/C=C\CCCC(c1ccc(N=O)cc1)(c1ccc(-c2ccc(C3(c4ccc(N=O)cc4)C(C=C)=C(/C=C\C)C4=C3C=CCC4)cc2)cc1)c1ccccc1C. The van der Waals surface area contributed by atoms with Gasteiger partial charge in [-0.05, 0) is 147 Å². The van der Waals surface area contributed by atoms with Crippen molar-refractivity contribution >= 4 is 11.4 Å². The van der Waals surface area contributed by atoms with Crippen molar-refractivity contribution in [2.45, 2.75) is 56.8 Å². The van der Waals surface area contributed by atoms with E-state index < -0.39 is 10.8 Å². The predicted octanol–water partition coefficient (Wildman–Crippen LogP) is 14.7. The number of nitrogens with zero attached hydrogens (tertiary/aromatic N) is 2. The Balaban J connectivity index is 1.34. The Morgan fingerprint density at radius 1 is 0.754 bits per heavy atom. The van der Waals surface area contributed by atoms with E-state index in [1.807, 2.05) is 54.6 Å². The Morgan fingerprint density at radius 2 is 1.33 bits per heavy atom. The molecule has 0 aromatic heterocycles. The summed E-state index contributed by atoms with van der Waals surface area (Å²) in [7, 11) is 0. The van der Waals surface area contributed by atoms with Crippen LogP contribution < -0.4 is 0 Å². The number of hydrogen-bond donors (Lipinski definition) is 0. The summed E-state index contributed by atoms with van der Waals surface area (Å²) < 4.78 is 0. The summed E-state index contributed by atoms with van der Waals surface area (Å²) >= 11 is 0. The van der Waals surface area contributed by atoms with Gasteiger partial charge >= 0.3 is 0 Å². The molecule has 282 valence electrons. The van der Waals surface area contributed by atoms with Gasteiger partial charge in [-0.2, -0.15) is 0 Å². The molecule has 5 aromatic carbocycles. The fourth-order valence-electron chi connectivity index (χ4n) is 9.28. The summed E-state index contributed by atoms with van der Waals surface area (Å²) in [4.78, 5) is 22.9. The van der Waals surface area contributed by atoms with Gasteiger partial charge in [0.05, 0.1) is 5.41 Å². The zero-order chi connectivity index (χ0) is 39.8. The molecular weight excluding hydrogens is 697 g/mol. The van der Waals surface area contributed by atoms with Crippen molar-refractivity contribution in [3.63, 3.8) is 0 Å². The van der Waals surface area contributed by atoms with E-state index in [-0.39, 0.29) is 0 Å². The molecule has 0 spiro atoms. The van der Waals surface area contributed by atoms with Crippen molar-refractivity contribution in [3.05, 3.63) is 249 Å². The predicted molar refractivity (Wildman–Crippen MR) is 238 cm³/mol. The van der Waals surface area contributed by atoms with E-state index in [0.717, 1.165) is 65.5 Å². The molecule has 0 amide bonds. The average molecular weight is 745 g/mol. The molecule has 4 heteroatoms. The second-order valence-electron chi connectivity index (χ2n) is 14.8. The first-order valence-corrected chi connectivity index (χ1v) is 19.8. The van der Waals surface area contributed by atoms with Crippen LogP contribution in [0.2, 0.25) is 0 Å². The molecule has 0 aliphatic heterocycles. The van der Waals surface area contributed by atoms with E-state index in [1.54, 1.807) is 0 Å². The van der Waals surface area contributed by atoms with E-state index in [1.165, 1.54) is 33.4 Å². The number of hydrogen-bond acceptors (Lipinski definition) is 4. The molecule has 5 aromatic rings. The third-order valence-electron chi connectivity index (χ3n) is 11.8. The lowest BCUT2D eigenvalue weighted by Crippen LogP contribution is -2.30. The van der Waals surface area contributed by atoms with Crippen LogP contribution in [-0.4, -0.2) is 0 Å². The van der Waals surface area contributed by atoms with E-state index in [9.17, 15) is 9.81 Å². The van der Waals surface area contributed by atoms with Gasteiger partial charge in [-0.3, -0.25) is 0 Å². The lowest BCUT2D eigenvalue weighted by atomic mass is 9.65. The number of rotatable bonds is 15. The maximum Gasteiger partial charge on any atom is 0.108 e. The van der Waals surface area contributed by atoms with Crippen LogP contribution in [0.5, 0.6) is 0 Å². The molecule has 0 saturated heterocycles. The van der Waals surface area contributed by atoms with Gasteiger partial charge in [0, 0.05) is 5.41 Å². The highest BCUT2D eigenvalue weighted by atomic mass is 16.3. The Labute approximate surface area is 337 Å². The third kappa shape index (κ3) is 6.97. The Bertz CT molecular complexity index is 2440. The van der Waals surface area contributed by atoms with Crippen molar-refractivity contribution in [2.75, 3.05) is 0 Å². The minimum absolute atomic E-state index is 0.405. The number of nitroso groups, excluding NO2 is 2. The van der Waals surface area contributed by atoms with Crippen molar-refractivity contribution in [3.8, 4) is 11.1 Å². The molecule has 2 unspecified atom stereocenters. The van der Waals surface area contributed by atoms with E-state index in [2.05, 4.69) is 153 Å². The highest BCUT2D eigenvalue weighted by Crippen LogP contribution is 2.57.